The molecule has 3 amide bonds. The van der Waals surface area contributed by atoms with Crippen LogP contribution in [-0.2, 0) is 32.4 Å². The van der Waals surface area contributed by atoms with Gasteiger partial charge in [0.05, 0.1) is 59.6 Å². The normalized spacial score (nSPS) is 14.0. The zero-order valence-corrected chi connectivity index (χ0v) is 65.7. The number of aryl methyl sites for hydroxylation is 3. The summed E-state index contributed by atoms with van der Waals surface area (Å²) in [6.07, 6.45) is 27.4. The lowest BCUT2D eigenvalue weighted by Crippen LogP contribution is -2.53. The number of hydrogen-bond donors (Lipinski definition) is 4. The number of nitrogens with two attached hydrogens (primary N) is 3. The maximum atomic E-state index is 13.1. The number of nitrogens with one attached hydrogen (secondary N) is 1. The predicted octanol–water partition coefficient (Wildman–Crippen LogP) is 8.34. The Hall–Kier alpha value is -14.8. The number of urea groups is 1. The molecule has 0 aliphatic carbocycles. The smallest absolute Gasteiger partial charge is 0.317 e. The van der Waals surface area contributed by atoms with Gasteiger partial charge in [0.25, 0.3) is 5.91 Å². The van der Waals surface area contributed by atoms with Crippen LogP contribution in [0.4, 0.5) is 39.7 Å². The van der Waals surface area contributed by atoms with E-state index in [4.69, 9.17) is 41.6 Å². The van der Waals surface area contributed by atoms with Gasteiger partial charge in [0, 0.05) is 261 Å². The maximum absolute atomic E-state index is 13.1. The van der Waals surface area contributed by atoms with Crippen LogP contribution < -0.4 is 42.0 Å². The number of carbonyl (C=O) groups excluding carboxylic acids is 2. The highest BCUT2D eigenvalue weighted by Gasteiger charge is 2.29. The maximum Gasteiger partial charge on any atom is 0.317 e. The standard InChI is InChI=1S/C29H27N9O2.C28H34N10O2.C26H25N11/c1-35-17-21(16-33-35)20-13-23(27-24(14-30)28(31)34-38(27)18-20)19-7-8-26(32-15-19)36-9-11-37(12-10-36)29(39)22-5-3-4-6-25(22)40-2;1-18(2)24(40-4)15-32-28(39)37-9-7-36(8-10-37)25-6-5-19(13-31-25)22-11-20(21-14-33-35(3)16-21)17-38-26(22)23(12-29)27(30)34-38;1-34-15-20(13-32-34)19-10-22(25-23(11-27)26(28)33-37(25)16-19)18-2-3-24(31-12-18)36-8-6-35(7-9-36)17-21-14-29-4-5-30-21/h3-8,13,15-18H,9-12H2,1-2H3,(H2,31,34);5-6,11,13-14,16-18,24H,7-10,15H2,1-4H3,(H2,30,34)(H,32,39);2-5,10,12-16H,6-9,17H2,1H3,(H2,28,33). The highest BCUT2D eigenvalue weighted by molar-refractivity contribution is 5.97. The summed E-state index contributed by atoms with van der Waals surface area (Å²) in [6, 6.07) is 31.9. The second kappa shape index (κ2) is 33.9. The summed E-state index contributed by atoms with van der Waals surface area (Å²) in [5, 5.41) is 58.3. The predicted molar refractivity (Wildman–Crippen MR) is 443 cm³/mol. The van der Waals surface area contributed by atoms with Crippen LogP contribution in [0, 0.1) is 39.9 Å². The third kappa shape index (κ3) is 16.4. The average molecular weight is 1570 g/mol. The Morgan fingerprint density at radius 1 is 0.479 bits per heavy atom. The Morgan fingerprint density at radius 2 is 0.889 bits per heavy atom. The second-order valence-electron chi connectivity index (χ2n) is 29.0. The van der Waals surface area contributed by atoms with Crippen molar-refractivity contribution >= 4 is 63.4 Å². The quantitative estimate of drug-likeness (QED) is 0.0665. The van der Waals surface area contributed by atoms with Crippen LogP contribution in [0.1, 0.15) is 46.6 Å². The molecule has 0 saturated carbocycles. The number of carbonyl (C=O) groups is 2. The van der Waals surface area contributed by atoms with Crippen LogP contribution in [0.2, 0.25) is 0 Å². The van der Waals surface area contributed by atoms with Crippen molar-refractivity contribution in [2.24, 2.45) is 27.1 Å². The fourth-order valence-electron chi connectivity index (χ4n) is 14.9. The van der Waals surface area contributed by atoms with Crippen molar-refractivity contribution in [1.82, 2.24) is 103 Å². The number of ether oxygens (including phenoxy) is 2. The van der Waals surface area contributed by atoms with Gasteiger partial charge in [0.15, 0.2) is 17.5 Å². The van der Waals surface area contributed by atoms with Crippen LogP contribution in [0.25, 0.3) is 83.3 Å². The van der Waals surface area contributed by atoms with Crippen LogP contribution in [0.5, 0.6) is 5.75 Å². The van der Waals surface area contributed by atoms with Gasteiger partial charge in [0.2, 0.25) is 0 Å². The summed E-state index contributed by atoms with van der Waals surface area (Å²) in [5.41, 5.74) is 33.2. The highest BCUT2D eigenvalue weighted by Crippen LogP contribution is 2.39. The molecular formula is C83H86N30O4. The summed E-state index contributed by atoms with van der Waals surface area (Å²) in [5.74, 6) is 4.00. The molecule has 17 rings (SSSR count). The molecule has 1 unspecified atom stereocenters. The number of amides is 3. The Balaban J connectivity index is 0.000000138. The number of hydrogen-bond acceptors (Lipinski definition) is 25. The SMILES string of the molecule is COC(CNC(=O)N1CCN(c2ccc(-c3cc(-c4cnn(C)c4)cn4nc(N)c(C#N)c34)cn2)CC1)C(C)C.COc1ccccc1C(=O)N1CCN(c2ccc(-c3cc(-c4cnn(C)c4)cn4nc(N)c(C#N)c34)cn2)CC1.Cn1cc(-c2cc(-c3ccc(N4CCN(Cc5cnccn5)CC4)nc3)c3c(C#N)c(N)nn3c2)cn1. The first-order chi connectivity index (χ1) is 56.8. The lowest BCUT2D eigenvalue weighted by Gasteiger charge is -2.35. The molecule has 34 heteroatoms. The summed E-state index contributed by atoms with van der Waals surface area (Å²) in [7, 11) is 8.84. The fourth-order valence-corrected chi connectivity index (χ4v) is 14.9. The fraction of sp³-hybridized carbons (Fsp3) is 0.277. The number of fused-ring (bicyclic) bond motifs is 3. The van der Waals surface area contributed by atoms with E-state index in [1.807, 2.05) is 147 Å². The minimum atomic E-state index is -0.0726. The Bertz CT molecular complexity index is 6060. The van der Waals surface area contributed by atoms with E-state index in [9.17, 15) is 25.4 Å². The molecule has 0 radical (unpaired) electrons. The number of nitriles is 3. The molecule has 117 heavy (non-hydrogen) atoms. The van der Waals surface area contributed by atoms with Gasteiger partial charge < -0.3 is 56.5 Å². The number of benzene rings is 1. The molecule has 3 aliphatic heterocycles. The third-order valence-electron chi connectivity index (χ3n) is 21.2. The van der Waals surface area contributed by atoms with Gasteiger partial charge in [-0.25, -0.2) is 33.3 Å². The number of nitrogens with zero attached hydrogens (tertiary/aromatic N) is 26. The lowest BCUT2D eigenvalue weighted by molar-refractivity contribution is 0.0651. The molecule has 3 fully saturated rings. The van der Waals surface area contributed by atoms with Gasteiger partial charge in [-0.2, -0.15) is 31.1 Å². The molecule has 1 aromatic carbocycles. The Kier molecular flexibility index (Phi) is 22.4. The van der Waals surface area contributed by atoms with E-state index in [1.165, 1.54) is 0 Å². The van der Waals surface area contributed by atoms with Crippen molar-refractivity contribution in [3.63, 3.8) is 0 Å². The van der Waals surface area contributed by atoms with Crippen molar-refractivity contribution in [2.75, 3.05) is 131 Å². The van der Waals surface area contributed by atoms with E-state index in [1.54, 1.807) is 97.3 Å². The van der Waals surface area contributed by atoms with E-state index in [-0.39, 0.29) is 35.5 Å². The van der Waals surface area contributed by atoms with Crippen LogP contribution in [-0.4, -0.2) is 215 Å². The molecule has 3 saturated heterocycles. The van der Waals surface area contributed by atoms with Crippen LogP contribution >= 0.6 is 0 Å². The molecule has 592 valence electrons. The zero-order valence-electron chi connectivity index (χ0n) is 65.7. The number of para-hydroxylation sites is 1. The van der Waals surface area contributed by atoms with Gasteiger partial charge >= 0.3 is 6.03 Å². The van der Waals surface area contributed by atoms with Gasteiger partial charge in [0.1, 0.15) is 58.1 Å². The van der Waals surface area contributed by atoms with E-state index < -0.39 is 0 Å². The topological polar surface area (TPSA) is 403 Å². The minimum absolute atomic E-state index is 0.0116. The van der Waals surface area contributed by atoms with Crippen molar-refractivity contribution < 1.29 is 19.1 Å². The van der Waals surface area contributed by atoms with Crippen LogP contribution in [0.15, 0.2) is 172 Å². The summed E-state index contributed by atoms with van der Waals surface area (Å²) < 4.78 is 21.0. The summed E-state index contributed by atoms with van der Waals surface area (Å²) in [6.45, 7) is 14.1. The first-order valence-electron chi connectivity index (χ1n) is 38.1. The number of aromatic nitrogens is 17. The van der Waals surface area contributed by atoms with Crippen molar-refractivity contribution in [3.05, 3.63) is 200 Å². The number of nitrogen functional groups attached to an aromatic ring is 3. The number of pyridine rings is 6. The van der Waals surface area contributed by atoms with E-state index in [0.29, 0.717) is 109 Å². The van der Waals surface area contributed by atoms with Gasteiger partial charge in [-0.15, -0.1) is 15.3 Å². The van der Waals surface area contributed by atoms with Crippen LogP contribution in [0.3, 0.4) is 0 Å². The monoisotopic (exact) mass is 1570 g/mol. The Labute approximate surface area is 673 Å². The van der Waals surface area contributed by atoms with Crippen molar-refractivity contribution in [2.45, 2.75) is 26.5 Å². The van der Waals surface area contributed by atoms with Gasteiger partial charge in [-0.05, 0) is 72.6 Å². The number of piperazine rings is 3. The molecule has 0 bridgehead atoms. The number of methoxy groups -OCH3 is 2. The molecule has 0 spiro atoms. The molecule has 3 aliphatic rings. The largest absolute Gasteiger partial charge is 0.496 e. The second-order valence-corrected chi connectivity index (χ2v) is 29.0. The van der Waals surface area contributed by atoms with Crippen molar-refractivity contribution in [1.29, 1.82) is 15.8 Å². The molecule has 16 heterocycles. The van der Waals surface area contributed by atoms with Crippen molar-refractivity contribution in [3.8, 4) is 90.7 Å². The average Bonchev–Trinajstić information content (AvgIpc) is 1.64. The first-order valence-corrected chi connectivity index (χ1v) is 38.1. The molecule has 13 aromatic heterocycles. The number of rotatable bonds is 17. The van der Waals surface area contributed by atoms with Gasteiger partial charge in [-0.3, -0.25) is 33.7 Å². The molecule has 14 aromatic rings. The van der Waals surface area contributed by atoms with E-state index in [2.05, 4.69) is 97.5 Å². The molecule has 7 N–H and O–H groups in total. The molecule has 34 nitrogen and oxygen atoms in total. The summed E-state index contributed by atoms with van der Waals surface area (Å²) >= 11 is 0. The van der Waals surface area contributed by atoms with E-state index in [0.717, 1.165) is 123 Å². The highest BCUT2D eigenvalue weighted by atomic mass is 16.5. The third-order valence-corrected chi connectivity index (χ3v) is 21.2. The Morgan fingerprint density at radius 3 is 1.24 bits per heavy atom. The molecule has 1 atom stereocenters. The number of anilines is 6. The lowest BCUT2D eigenvalue weighted by atomic mass is 10.0. The molecular weight excluding hydrogens is 1480 g/mol. The van der Waals surface area contributed by atoms with Gasteiger partial charge in [-0.1, -0.05) is 26.0 Å². The van der Waals surface area contributed by atoms with E-state index >= 15 is 0 Å². The first kappa shape index (κ1) is 77.5. The zero-order chi connectivity index (χ0) is 81.5. The summed E-state index contributed by atoms with van der Waals surface area (Å²) in [4.78, 5) is 61.2. The minimum Gasteiger partial charge on any atom is -0.496 e.